The van der Waals surface area contributed by atoms with Crippen LogP contribution in [0, 0.1) is 13.8 Å². The summed E-state index contributed by atoms with van der Waals surface area (Å²) in [6, 6.07) is 1.88. The number of aryl methyl sites for hydroxylation is 2. The number of rotatable bonds is 5. The van der Waals surface area contributed by atoms with E-state index in [0.29, 0.717) is 6.61 Å². The number of carbonyl (C=O) groups is 1. The average molecular weight is 243 g/mol. The molecular formula is C11H17NO3S. The maximum atomic E-state index is 10.8. The van der Waals surface area contributed by atoms with Gasteiger partial charge in [-0.05, 0) is 25.5 Å². The predicted molar refractivity (Wildman–Crippen MR) is 63.6 cm³/mol. The van der Waals surface area contributed by atoms with E-state index in [1.54, 1.807) is 11.3 Å². The Morgan fingerprint density at radius 1 is 1.56 bits per heavy atom. The first kappa shape index (κ1) is 13.2. The highest BCUT2D eigenvalue weighted by Gasteiger charge is 2.12. The van der Waals surface area contributed by atoms with Gasteiger partial charge in [0.25, 0.3) is 0 Å². The number of esters is 1. The van der Waals surface area contributed by atoms with Crippen molar-refractivity contribution >= 4 is 17.3 Å². The number of nitrogens with two attached hydrogens (primary N) is 1. The number of ether oxygens (including phenoxy) is 2. The zero-order chi connectivity index (χ0) is 12.1. The second kappa shape index (κ2) is 5.98. The summed E-state index contributed by atoms with van der Waals surface area (Å²) in [6.07, 6.45) is 0. The van der Waals surface area contributed by atoms with Crippen LogP contribution in [0.4, 0.5) is 0 Å². The maximum absolute atomic E-state index is 10.8. The second-order valence-electron chi connectivity index (χ2n) is 3.57. The van der Waals surface area contributed by atoms with Gasteiger partial charge < -0.3 is 15.2 Å². The van der Waals surface area contributed by atoms with Gasteiger partial charge >= 0.3 is 5.97 Å². The van der Waals surface area contributed by atoms with Crippen LogP contribution >= 0.6 is 11.3 Å². The molecular weight excluding hydrogens is 226 g/mol. The minimum atomic E-state index is -0.384. The molecule has 1 unspecified atom stereocenters. The van der Waals surface area contributed by atoms with Gasteiger partial charge in [0.2, 0.25) is 0 Å². The lowest BCUT2D eigenvalue weighted by Crippen LogP contribution is -2.20. The van der Waals surface area contributed by atoms with Crippen molar-refractivity contribution < 1.29 is 14.3 Å². The molecule has 1 aromatic heterocycles. The molecule has 2 N–H and O–H groups in total. The molecule has 0 aliphatic rings. The topological polar surface area (TPSA) is 61.5 Å². The Hall–Kier alpha value is -0.910. The highest BCUT2D eigenvalue weighted by Crippen LogP contribution is 2.25. The van der Waals surface area contributed by atoms with Crippen LogP contribution in [-0.2, 0) is 14.3 Å². The predicted octanol–water partition coefficient (Wildman–Crippen LogP) is 1.55. The van der Waals surface area contributed by atoms with Crippen LogP contribution < -0.4 is 5.73 Å². The van der Waals surface area contributed by atoms with Gasteiger partial charge in [-0.15, -0.1) is 11.3 Å². The van der Waals surface area contributed by atoms with E-state index in [4.69, 9.17) is 10.5 Å². The smallest absolute Gasteiger partial charge is 0.331 e. The molecule has 4 nitrogen and oxygen atoms in total. The number of hydrogen-bond acceptors (Lipinski definition) is 5. The van der Waals surface area contributed by atoms with Crippen molar-refractivity contribution in [2.45, 2.75) is 19.9 Å². The van der Waals surface area contributed by atoms with Gasteiger partial charge in [-0.2, -0.15) is 0 Å². The molecule has 0 radical (unpaired) electrons. The first-order valence-electron chi connectivity index (χ1n) is 5.01. The minimum Gasteiger partial charge on any atom is -0.467 e. The summed E-state index contributed by atoms with van der Waals surface area (Å²) in [5, 5.41) is 0. The van der Waals surface area contributed by atoms with E-state index in [9.17, 15) is 4.79 Å². The van der Waals surface area contributed by atoms with Crippen molar-refractivity contribution in [1.82, 2.24) is 0 Å². The van der Waals surface area contributed by atoms with E-state index < -0.39 is 0 Å². The van der Waals surface area contributed by atoms with E-state index in [0.717, 1.165) is 5.56 Å². The van der Waals surface area contributed by atoms with Crippen molar-refractivity contribution in [1.29, 1.82) is 0 Å². The fraction of sp³-hybridized carbons (Fsp3) is 0.545. The van der Waals surface area contributed by atoms with E-state index in [1.165, 1.54) is 16.9 Å². The number of carbonyl (C=O) groups excluding carboxylic acids is 1. The largest absolute Gasteiger partial charge is 0.467 e. The standard InChI is InChI=1S/C11H17NO3S/c1-7-4-9(8(2)16-7)10(12)5-15-6-11(13)14-3/h4,10H,5-6,12H2,1-3H3. The fourth-order valence-electron chi connectivity index (χ4n) is 1.44. The van der Waals surface area contributed by atoms with Crippen LogP contribution in [0.2, 0.25) is 0 Å². The lowest BCUT2D eigenvalue weighted by molar-refractivity contribution is -0.146. The summed E-state index contributed by atoms with van der Waals surface area (Å²) in [5.74, 6) is -0.384. The monoisotopic (exact) mass is 243 g/mol. The molecule has 0 saturated carbocycles. The van der Waals surface area contributed by atoms with Gasteiger partial charge in [0, 0.05) is 9.75 Å². The molecule has 0 spiro atoms. The fourth-order valence-corrected chi connectivity index (χ4v) is 2.43. The maximum Gasteiger partial charge on any atom is 0.331 e. The summed E-state index contributed by atoms with van der Waals surface area (Å²) in [4.78, 5) is 13.2. The highest BCUT2D eigenvalue weighted by molar-refractivity contribution is 7.12. The highest BCUT2D eigenvalue weighted by atomic mass is 32.1. The minimum absolute atomic E-state index is 0.0492. The van der Waals surface area contributed by atoms with E-state index >= 15 is 0 Å². The van der Waals surface area contributed by atoms with Crippen LogP contribution in [0.15, 0.2) is 6.07 Å². The lowest BCUT2D eigenvalue weighted by atomic mass is 10.1. The van der Waals surface area contributed by atoms with Crippen molar-refractivity contribution in [3.63, 3.8) is 0 Å². The van der Waals surface area contributed by atoms with E-state index in [2.05, 4.69) is 10.8 Å². The van der Waals surface area contributed by atoms with E-state index in [1.807, 2.05) is 13.8 Å². The molecule has 0 amide bonds. The molecule has 0 aromatic carbocycles. The Morgan fingerprint density at radius 3 is 2.75 bits per heavy atom. The Balaban J connectivity index is 2.43. The Bertz CT molecular complexity index is 362. The van der Waals surface area contributed by atoms with Gasteiger partial charge in [-0.1, -0.05) is 0 Å². The number of methoxy groups -OCH3 is 1. The third kappa shape index (κ3) is 3.59. The van der Waals surface area contributed by atoms with Crippen molar-refractivity contribution in [2.75, 3.05) is 20.3 Å². The van der Waals surface area contributed by atoms with Crippen molar-refractivity contribution in [3.8, 4) is 0 Å². The molecule has 0 aliphatic carbocycles. The molecule has 1 heterocycles. The van der Waals surface area contributed by atoms with Gasteiger partial charge in [-0.3, -0.25) is 0 Å². The molecule has 0 saturated heterocycles. The first-order valence-corrected chi connectivity index (χ1v) is 5.83. The molecule has 16 heavy (non-hydrogen) atoms. The van der Waals surface area contributed by atoms with Gasteiger partial charge in [-0.25, -0.2) is 4.79 Å². The third-order valence-corrected chi connectivity index (χ3v) is 3.21. The summed E-state index contributed by atoms with van der Waals surface area (Å²) >= 11 is 1.71. The number of hydrogen-bond donors (Lipinski definition) is 1. The van der Waals surface area contributed by atoms with Crippen LogP contribution in [0.3, 0.4) is 0 Å². The van der Waals surface area contributed by atoms with Crippen LogP contribution in [0.5, 0.6) is 0 Å². The lowest BCUT2D eigenvalue weighted by Gasteiger charge is -2.11. The van der Waals surface area contributed by atoms with Crippen LogP contribution in [-0.4, -0.2) is 26.3 Å². The molecule has 90 valence electrons. The quantitative estimate of drug-likeness (QED) is 0.797. The summed E-state index contributed by atoms with van der Waals surface area (Å²) < 4.78 is 9.63. The molecule has 5 heteroatoms. The van der Waals surface area contributed by atoms with Crippen molar-refractivity contribution in [3.05, 3.63) is 21.4 Å². The molecule has 1 atom stereocenters. The first-order chi connectivity index (χ1) is 7.54. The molecule has 0 aliphatic heterocycles. The van der Waals surface area contributed by atoms with E-state index in [-0.39, 0.29) is 18.6 Å². The Morgan fingerprint density at radius 2 is 2.25 bits per heavy atom. The summed E-state index contributed by atoms with van der Waals surface area (Å²) in [7, 11) is 1.33. The summed E-state index contributed by atoms with van der Waals surface area (Å²) in [6.45, 7) is 4.36. The van der Waals surface area contributed by atoms with Crippen molar-refractivity contribution in [2.24, 2.45) is 5.73 Å². The molecule has 1 aromatic rings. The molecule has 0 fully saturated rings. The van der Waals surface area contributed by atoms with Crippen LogP contribution in [0.1, 0.15) is 21.4 Å². The van der Waals surface area contributed by atoms with Crippen LogP contribution in [0.25, 0.3) is 0 Å². The number of thiophene rings is 1. The molecule has 1 rings (SSSR count). The SMILES string of the molecule is COC(=O)COCC(N)c1cc(C)sc1C. The normalized spacial score (nSPS) is 12.5. The molecule has 0 bridgehead atoms. The Labute approximate surface area is 99.4 Å². The third-order valence-electron chi connectivity index (χ3n) is 2.22. The van der Waals surface area contributed by atoms with Gasteiger partial charge in [0.15, 0.2) is 0 Å². The van der Waals surface area contributed by atoms with Gasteiger partial charge in [0.1, 0.15) is 6.61 Å². The zero-order valence-corrected chi connectivity index (χ0v) is 10.6. The van der Waals surface area contributed by atoms with Gasteiger partial charge in [0.05, 0.1) is 19.8 Å². The Kier molecular flexibility index (Phi) is 4.92. The average Bonchev–Trinajstić information content (AvgIpc) is 2.57. The second-order valence-corrected chi connectivity index (χ2v) is 5.03. The zero-order valence-electron chi connectivity index (χ0n) is 9.78. The summed E-state index contributed by atoms with van der Waals surface area (Å²) in [5.41, 5.74) is 7.06.